The minimum Gasteiger partial charge on any atom is -0.472 e. The molecule has 0 spiro atoms. The monoisotopic (exact) mass is 341 g/mol. The van der Waals surface area contributed by atoms with E-state index in [9.17, 15) is 4.79 Å². The van der Waals surface area contributed by atoms with Crippen molar-refractivity contribution in [2.24, 2.45) is 5.92 Å². The van der Waals surface area contributed by atoms with Gasteiger partial charge in [0.25, 0.3) is 5.91 Å². The zero-order valence-electron chi connectivity index (χ0n) is 14.4. The number of amides is 1. The van der Waals surface area contributed by atoms with Gasteiger partial charge in [-0.25, -0.2) is 0 Å². The van der Waals surface area contributed by atoms with Gasteiger partial charge >= 0.3 is 0 Å². The number of anilines is 1. The first-order valence-corrected chi connectivity index (χ1v) is 8.80. The lowest BCUT2D eigenvalue weighted by Gasteiger charge is -2.33. The molecule has 2 aromatic rings. The Bertz CT molecular complexity index is 731. The number of hydrogen-bond donors (Lipinski definition) is 1. The molecular formula is C19H23N3O3. The van der Waals surface area contributed by atoms with E-state index in [0.29, 0.717) is 5.92 Å². The van der Waals surface area contributed by atoms with Gasteiger partial charge in [-0.05, 0) is 50.4 Å². The molecule has 132 valence electrons. The van der Waals surface area contributed by atoms with Crippen molar-refractivity contribution in [3.8, 4) is 0 Å². The predicted molar refractivity (Wildman–Crippen MR) is 93.0 cm³/mol. The molecule has 6 nitrogen and oxygen atoms in total. The number of piperidine rings is 1. The van der Waals surface area contributed by atoms with Gasteiger partial charge in [-0.3, -0.25) is 14.7 Å². The van der Waals surface area contributed by atoms with Gasteiger partial charge in [-0.2, -0.15) is 0 Å². The van der Waals surface area contributed by atoms with Crippen LogP contribution < -0.4 is 5.32 Å². The fourth-order valence-electron chi connectivity index (χ4n) is 3.78. The number of aryl methyl sites for hydroxylation is 1. The summed E-state index contributed by atoms with van der Waals surface area (Å²) < 4.78 is 11.2. The average molecular weight is 341 g/mol. The largest absolute Gasteiger partial charge is 0.472 e. The Hall–Kier alpha value is -2.18. The van der Waals surface area contributed by atoms with E-state index in [1.165, 1.54) is 5.56 Å². The van der Waals surface area contributed by atoms with Crippen molar-refractivity contribution in [2.75, 3.05) is 18.4 Å². The summed E-state index contributed by atoms with van der Waals surface area (Å²) >= 11 is 0. The van der Waals surface area contributed by atoms with E-state index in [1.807, 2.05) is 25.1 Å². The van der Waals surface area contributed by atoms with Crippen molar-refractivity contribution in [3.63, 3.8) is 0 Å². The van der Waals surface area contributed by atoms with E-state index in [-0.39, 0.29) is 18.1 Å². The van der Waals surface area contributed by atoms with Crippen LogP contribution in [0, 0.1) is 12.8 Å². The summed E-state index contributed by atoms with van der Waals surface area (Å²) in [5, 5.41) is 2.96. The Kier molecular flexibility index (Phi) is 4.55. The lowest BCUT2D eigenvalue weighted by Crippen LogP contribution is -2.41. The normalized spacial score (nSPS) is 26.4. The van der Waals surface area contributed by atoms with E-state index in [4.69, 9.17) is 9.15 Å². The van der Waals surface area contributed by atoms with Crippen LogP contribution in [0.5, 0.6) is 0 Å². The number of fused-ring (bicyclic) bond motifs is 1. The molecule has 2 aliphatic rings. The molecule has 4 heterocycles. The van der Waals surface area contributed by atoms with E-state index in [2.05, 4.69) is 15.2 Å². The first-order chi connectivity index (χ1) is 12.2. The van der Waals surface area contributed by atoms with E-state index in [0.717, 1.165) is 43.9 Å². The smallest absolute Gasteiger partial charge is 0.253 e. The molecule has 0 saturated carbocycles. The zero-order chi connectivity index (χ0) is 17.2. The number of rotatable bonds is 4. The number of ether oxygens (including phenoxy) is 1. The zero-order valence-corrected chi connectivity index (χ0v) is 14.4. The molecule has 2 aromatic heterocycles. The maximum atomic E-state index is 12.6. The second-order valence-electron chi connectivity index (χ2n) is 6.94. The molecule has 0 aliphatic carbocycles. The standard InChI is InChI=1S/C19H23N3O3/c1-13-16(3-2-6-20-13)21-19(23)17-9-15-4-7-22(11-18(15)25-17)10-14-5-8-24-12-14/h2-3,5-6,8,12,15,17-18H,4,7,9-11H2,1H3,(H,21,23)/t15-,17+,18-/m1/s1. The maximum Gasteiger partial charge on any atom is 0.253 e. The fraction of sp³-hybridized carbons (Fsp3) is 0.474. The number of nitrogens with zero attached hydrogens (tertiary/aromatic N) is 2. The highest BCUT2D eigenvalue weighted by molar-refractivity contribution is 5.94. The van der Waals surface area contributed by atoms with Gasteiger partial charge in [-0.15, -0.1) is 0 Å². The number of pyridine rings is 1. The molecule has 2 saturated heterocycles. The summed E-state index contributed by atoms with van der Waals surface area (Å²) in [5.41, 5.74) is 2.75. The van der Waals surface area contributed by atoms with Crippen molar-refractivity contribution in [1.29, 1.82) is 0 Å². The Morgan fingerprint density at radius 3 is 3.16 bits per heavy atom. The fourth-order valence-corrected chi connectivity index (χ4v) is 3.78. The van der Waals surface area contributed by atoms with Crippen molar-refractivity contribution < 1.29 is 13.9 Å². The highest BCUT2D eigenvalue weighted by Gasteiger charge is 2.41. The highest BCUT2D eigenvalue weighted by atomic mass is 16.5. The number of furan rings is 1. The number of hydrogen-bond acceptors (Lipinski definition) is 5. The summed E-state index contributed by atoms with van der Waals surface area (Å²) in [6, 6.07) is 5.69. The topological polar surface area (TPSA) is 67.6 Å². The second kappa shape index (κ2) is 6.98. The van der Waals surface area contributed by atoms with Crippen molar-refractivity contribution in [1.82, 2.24) is 9.88 Å². The van der Waals surface area contributed by atoms with Crippen molar-refractivity contribution in [3.05, 3.63) is 48.2 Å². The minimum atomic E-state index is -0.372. The van der Waals surface area contributed by atoms with Crippen LogP contribution in [-0.4, -0.2) is 41.1 Å². The molecule has 0 unspecified atom stereocenters. The summed E-state index contributed by atoms with van der Waals surface area (Å²) in [4.78, 5) is 19.1. The molecule has 6 heteroatoms. The molecule has 1 N–H and O–H groups in total. The molecule has 0 radical (unpaired) electrons. The SMILES string of the molecule is Cc1ncccc1NC(=O)[C@@H]1C[C@H]2CCN(Cc3ccoc3)C[C@H]2O1. The van der Waals surface area contributed by atoms with Crippen LogP contribution in [0.25, 0.3) is 0 Å². The Morgan fingerprint density at radius 2 is 2.36 bits per heavy atom. The van der Waals surface area contributed by atoms with Crippen LogP contribution in [0.4, 0.5) is 5.69 Å². The van der Waals surface area contributed by atoms with Crippen molar-refractivity contribution in [2.45, 2.75) is 38.5 Å². The quantitative estimate of drug-likeness (QED) is 0.926. The van der Waals surface area contributed by atoms with Crippen LogP contribution in [-0.2, 0) is 16.1 Å². The highest BCUT2D eigenvalue weighted by Crippen LogP contribution is 2.34. The molecule has 25 heavy (non-hydrogen) atoms. The van der Waals surface area contributed by atoms with E-state index < -0.39 is 0 Å². The summed E-state index contributed by atoms with van der Waals surface area (Å²) in [7, 11) is 0. The number of carbonyl (C=O) groups is 1. The summed E-state index contributed by atoms with van der Waals surface area (Å²) in [6.45, 7) is 4.66. The summed E-state index contributed by atoms with van der Waals surface area (Å²) in [5.74, 6) is 0.401. The van der Waals surface area contributed by atoms with Gasteiger partial charge in [0.2, 0.25) is 0 Å². The van der Waals surface area contributed by atoms with E-state index >= 15 is 0 Å². The van der Waals surface area contributed by atoms with Gasteiger partial charge in [0.15, 0.2) is 0 Å². The van der Waals surface area contributed by atoms with Crippen LogP contribution in [0.15, 0.2) is 41.3 Å². The molecule has 0 bridgehead atoms. The Morgan fingerprint density at radius 1 is 1.44 bits per heavy atom. The lowest BCUT2D eigenvalue weighted by atomic mass is 9.91. The molecular weight excluding hydrogens is 318 g/mol. The van der Waals surface area contributed by atoms with Gasteiger partial charge in [0.1, 0.15) is 6.10 Å². The van der Waals surface area contributed by atoms with Crippen LogP contribution >= 0.6 is 0 Å². The number of likely N-dealkylation sites (tertiary alicyclic amines) is 1. The Labute approximate surface area is 147 Å². The van der Waals surface area contributed by atoms with Gasteiger partial charge in [-0.1, -0.05) is 0 Å². The van der Waals surface area contributed by atoms with Crippen LogP contribution in [0.1, 0.15) is 24.1 Å². The van der Waals surface area contributed by atoms with Crippen LogP contribution in [0.2, 0.25) is 0 Å². The number of carbonyl (C=O) groups excluding carboxylic acids is 1. The lowest BCUT2D eigenvalue weighted by molar-refractivity contribution is -0.127. The third-order valence-corrected chi connectivity index (χ3v) is 5.18. The molecule has 0 aromatic carbocycles. The molecule has 1 amide bonds. The molecule has 2 fully saturated rings. The maximum absolute atomic E-state index is 12.6. The number of nitrogens with one attached hydrogen (secondary N) is 1. The van der Waals surface area contributed by atoms with E-state index in [1.54, 1.807) is 18.7 Å². The predicted octanol–water partition coefficient (Wildman–Crippen LogP) is 2.60. The molecule has 3 atom stereocenters. The first kappa shape index (κ1) is 16.3. The van der Waals surface area contributed by atoms with Crippen molar-refractivity contribution >= 4 is 11.6 Å². The first-order valence-electron chi connectivity index (χ1n) is 8.80. The van der Waals surface area contributed by atoms with Gasteiger partial charge < -0.3 is 14.5 Å². The minimum absolute atomic E-state index is 0.0631. The molecule has 4 rings (SSSR count). The second-order valence-corrected chi connectivity index (χ2v) is 6.94. The average Bonchev–Trinajstić information content (AvgIpc) is 3.26. The molecule has 2 aliphatic heterocycles. The van der Waals surface area contributed by atoms with Gasteiger partial charge in [0.05, 0.1) is 30.0 Å². The van der Waals surface area contributed by atoms with Crippen LogP contribution in [0.3, 0.4) is 0 Å². The summed E-state index contributed by atoms with van der Waals surface area (Å²) in [6.07, 6.45) is 6.84. The number of aromatic nitrogens is 1. The van der Waals surface area contributed by atoms with Gasteiger partial charge in [0, 0.05) is 24.8 Å². The third kappa shape index (κ3) is 3.60. The third-order valence-electron chi connectivity index (χ3n) is 5.18. The Balaban J connectivity index is 1.34.